The minimum atomic E-state index is -0.221. The van der Waals surface area contributed by atoms with Crippen LogP contribution in [0.4, 0.5) is 0 Å². The number of H-pyrrole nitrogens is 1. The minimum absolute atomic E-state index is 0.221. The summed E-state index contributed by atoms with van der Waals surface area (Å²) in [6.45, 7) is 8.03. The molecule has 0 unspecified atom stereocenters. The predicted molar refractivity (Wildman–Crippen MR) is 65.2 cm³/mol. The first-order chi connectivity index (χ1) is 7.67. The van der Waals surface area contributed by atoms with Crippen LogP contribution in [-0.2, 0) is 16.0 Å². The van der Waals surface area contributed by atoms with Crippen molar-refractivity contribution < 1.29 is 9.53 Å². The first-order valence-electron chi connectivity index (χ1n) is 5.32. The zero-order chi connectivity index (χ0) is 12.0. The van der Waals surface area contributed by atoms with Gasteiger partial charge in [-0.15, -0.1) is 0 Å². The average Bonchev–Trinajstić information content (AvgIpc) is 2.56. The number of esters is 1. The molecular formula is C13H17NO2. The van der Waals surface area contributed by atoms with E-state index in [0.717, 1.165) is 16.3 Å². The quantitative estimate of drug-likeness (QED) is 0.764. The molecule has 1 N–H and O–H groups in total. The van der Waals surface area contributed by atoms with E-state index in [1.165, 1.54) is 0 Å². The molecule has 1 aromatic heterocycles. The molecule has 0 bridgehead atoms. The second-order valence-electron chi connectivity index (χ2n) is 3.40. The van der Waals surface area contributed by atoms with E-state index in [4.69, 9.17) is 4.74 Å². The Morgan fingerprint density at radius 2 is 2.38 bits per heavy atom. The summed E-state index contributed by atoms with van der Waals surface area (Å²) >= 11 is 0. The molecule has 3 nitrogen and oxygen atoms in total. The van der Waals surface area contributed by atoms with Crippen molar-refractivity contribution in [1.29, 1.82) is 0 Å². The lowest BCUT2D eigenvalue weighted by Crippen LogP contribution is -2.19. The van der Waals surface area contributed by atoms with E-state index in [9.17, 15) is 4.79 Å². The average molecular weight is 219 g/mol. The molecule has 0 saturated heterocycles. The molecule has 0 spiro atoms. The van der Waals surface area contributed by atoms with Crippen molar-refractivity contribution >= 4 is 18.6 Å². The summed E-state index contributed by atoms with van der Waals surface area (Å²) in [5.74, 6) is -0.221. The number of aromatic amines is 1. The molecule has 0 amide bonds. The van der Waals surface area contributed by atoms with Crippen LogP contribution < -0.4 is 10.6 Å². The Morgan fingerprint density at radius 1 is 1.62 bits per heavy atom. The predicted octanol–water partition coefficient (Wildman–Crippen LogP) is 0.887. The number of nitrogens with one attached hydrogen (secondary N) is 1. The van der Waals surface area contributed by atoms with Gasteiger partial charge in [-0.25, -0.2) is 0 Å². The number of ether oxygens (including phenoxy) is 1. The molecule has 3 heteroatoms. The van der Waals surface area contributed by atoms with Crippen LogP contribution in [0.2, 0.25) is 0 Å². The molecule has 1 rings (SSSR count). The molecule has 1 heterocycles. The number of aromatic nitrogens is 1. The smallest absolute Gasteiger partial charge is 0.311 e. The Kier molecular flexibility index (Phi) is 4.58. The van der Waals surface area contributed by atoms with Crippen LogP contribution in [0, 0.1) is 0 Å². The van der Waals surface area contributed by atoms with Gasteiger partial charge in [0.25, 0.3) is 0 Å². The van der Waals surface area contributed by atoms with Gasteiger partial charge in [0.1, 0.15) is 0 Å². The Balaban J connectivity index is 2.85. The summed E-state index contributed by atoms with van der Waals surface area (Å²) in [5.41, 5.74) is 0.833. The van der Waals surface area contributed by atoms with Crippen molar-refractivity contribution in [3.63, 3.8) is 0 Å². The molecule has 0 fully saturated rings. The van der Waals surface area contributed by atoms with E-state index in [1.54, 1.807) is 6.92 Å². The second-order valence-corrected chi connectivity index (χ2v) is 3.40. The largest absolute Gasteiger partial charge is 0.466 e. The van der Waals surface area contributed by atoms with Crippen molar-refractivity contribution in [2.24, 2.45) is 0 Å². The van der Waals surface area contributed by atoms with Gasteiger partial charge in [-0.1, -0.05) is 24.8 Å². The van der Waals surface area contributed by atoms with Crippen molar-refractivity contribution in [2.45, 2.75) is 20.3 Å². The molecule has 0 radical (unpaired) electrons. The first kappa shape index (κ1) is 12.3. The summed E-state index contributed by atoms with van der Waals surface area (Å²) < 4.78 is 4.87. The Hall–Kier alpha value is -1.77. The summed E-state index contributed by atoms with van der Waals surface area (Å²) in [5, 5.41) is 1.81. The van der Waals surface area contributed by atoms with Crippen LogP contribution in [0.15, 0.2) is 18.2 Å². The van der Waals surface area contributed by atoms with E-state index in [2.05, 4.69) is 11.6 Å². The lowest BCUT2D eigenvalue weighted by atomic mass is 10.3. The van der Waals surface area contributed by atoms with Crippen LogP contribution in [0.25, 0.3) is 12.7 Å². The van der Waals surface area contributed by atoms with Crippen molar-refractivity contribution in [3.8, 4) is 0 Å². The van der Waals surface area contributed by atoms with E-state index in [-0.39, 0.29) is 12.4 Å². The fourth-order valence-corrected chi connectivity index (χ4v) is 1.39. The molecule has 86 valence electrons. The van der Waals surface area contributed by atoms with Crippen molar-refractivity contribution in [3.05, 3.63) is 34.5 Å². The maximum atomic E-state index is 11.3. The fourth-order valence-electron chi connectivity index (χ4n) is 1.39. The van der Waals surface area contributed by atoms with Gasteiger partial charge >= 0.3 is 5.97 Å². The van der Waals surface area contributed by atoms with Crippen LogP contribution in [0.1, 0.15) is 19.5 Å². The van der Waals surface area contributed by atoms with Gasteiger partial charge in [0, 0.05) is 11.0 Å². The normalized spacial score (nSPS) is 12.2. The van der Waals surface area contributed by atoms with Crippen LogP contribution >= 0.6 is 0 Å². The van der Waals surface area contributed by atoms with Crippen molar-refractivity contribution in [2.75, 3.05) is 6.61 Å². The standard InChI is InChI=1S/C13H17NO2/c1-4-6-7-11-8-12(14-10(11)3)9-13(15)16-5-2/h4,6-8,14H,3,5,9H2,1-2H3/b6-4-,11-7-. The van der Waals surface area contributed by atoms with Gasteiger partial charge in [0.15, 0.2) is 0 Å². The molecule has 16 heavy (non-hydrogen) atoms. The third kappa shape index (κ3) is 3.42. The van der Waals surface area contributed by atoms with E-state index >= 15 is 0 Å². The minimum Gasteiger partial charge on any atom is -0.466 e. The number of rotatable bonds is 4. The van der Waals surface area contributed by atoms with Gasteiger partial charge in [-0.2, -0.15) is 0 Å². The van der Waals surface area contributed by atoms with Gasteiger partial charge in [-0.3, -0.25) is 4.79 Å². The maximum Gasteiger partial charge on any atom is 0.311 e. The fraction of sp³-hybridized carbons (Fsp3) is 0.308. The Labute approximate surface area is 95.1 Å². The Bertz CT molecular complexity index is 483. The topological polar surface area (TPSA) is 42.1 Å². The molecule has 1 aromatic rings. The highest BCUT2D eigenvalue weighted by Gasteiger charge is 2.04. The molecule has 0 saturated carbocycles. The van der Waals surface area contributed by atoms with Crippen LogP contribution in [0.5, 0.6) is 0 Å². The summed E-state index contributed by atoms with van der Waals surface area (Å²) in [7, 11) is 0. The van der Waals surface area contributed by atoms with Gasteiger partial charge in [-0.05, 0) is 25.1 Å². The highest BCUT2D eigenvalue weighted by Crippen LogP contribution is 1.92. The monoisotopic (exact) mass is 219 g/mol. The lowest BCUT2D eigenvalue weighted by Gasteiger charge is -1.98. The number of allylic oxidation sites excluding steroid dienone is 2. The van der Waals surface area contributed by atoms with E-state index in [0.29, 0.717) is 6.61 Å². The third-order valence-electron chi connectivity index (χ3n) is 2.10. The SMILES string of the molecule is C=c1[nH]c(CC(=O)OCC)c/c1=C/C=C\C. The number of hydrogen-bond donors (Lipinski definition) is 1. The summed E-state index contributed by atoms with van der Waals surface area (Å²) in [6.07, 6.45) is 6.09. The second kappa shape index (κ2) is 5.95. The molecule has 0 aliphatic carbocycles. The molecule has 0 aromatic carbocycles. The van der Waals surface area contributed by atoms with Crippen molar-refractivity contribution in [1.82, 2.24) is 4.98 Å². The molecule has 0 aliphatic rings. The highest BCUT2D eigenvalue weighted by atomic mass is 16.5. The van der Waals surface area contributed by atoms with Crippen LogP contribution in [-0.4, -0.2) is 17.6 Å². The zero-order valence-corrected chi connectivity index (χ0v) is 9.75. The van der Waals surface area contributed by atoms with E-state index < -0.39 is 0 Å². The molecule has 0 aliphatic heterocycles. The summed E-state index contributed by atoms with van der Waals surface area (Å²) in [6, 6.07) is 1.92. The Morgan fingerprint density at radius 3 is 3.00 bits per heavy atom. The third-order valence-corrected chi connectivity index (χ3v) is 2.10. The highest BCUT2D eigenvalue weighted by molar-refractivity contribution is 5.72. The number of carbonyl (C=O) groups excluding carboxylic acids is 1. The zero-order valence-electron chi connectivity index (χ0n) is 9.75. The van der Waals surface area contributed by atoms with Gasteiger partial charge in [0.2, 0.25) is 0 Å². The number of hydrogen-bond acceptors (Lipinski definition) is 2. The number of carbonyl (C=O) groups is 1. The van der Waals surface area contributed by atoms with E-state index in [1.807, 2.05) is 31.2 Å². The van der Waals surface area contributed by atoms with Gasteiger partial charge in [0.05, 0.1) is 13.0 Å². The lowest BCUT2D eigenvalue weighted by molar-refractivity contribution is -0.142. The maximum absolute atomic E-state index is 11.3. The molecule has 0 atom stereocenters. The van der Waals surface area contributed by atoms with Gasteiger partial charge < -0.3 is 9.72 Å². The van der Waals surface area contributed by atoms with Crippen LogP contribution in [0.3, 0.4) is 0 Å². The molecular weight excluding hydrogens is 202 g/mol. The summed E-state index contributed by atoms with van der Waals surface area (Å²) in [4.78, 5) is 14.3. The first-order valence-corrected chi connectivity index (χ1v) is 5.32.